The Morgan fingerprint density at radius 3 is 2.50 bits per heavy atom. The summed E-state index contributed by atoms with van der Waals surface area (Å²) < 4.78 is 45.0. The van der Waals surface area contributed by atoms with E-state index in [1.807, 2.05) is 0 Å². The second-order valence-corrected chi connectivity index (χ2v) is 6.24. The van der Waals surface area contributed by atoms with E-state index in [1.54, 1.807) is 13.2 Å². The maximum absolute atomic E-state index is 13.3. The van der Waals surface area contributed by atoms with Crippen LogP contribution in [0.4, 0.5) is 13.2 Å². The molecule has 3 nitrogen and oxygen atoms in total. The molecular weight excluding hydrogens is 341 g/mol. The minimum Gasteiger partial charge on any atom is -0.501 e. The summed E-state index contributed by atoms with van der Waals surface area (Å²) in [6.45, 7) is 1.88. The SMILES string of the molecule is CCOC=C(C(=O)c1ccc(SC)cc1C(F)(F)F)C(=O)C1CC1. The zero-order valence-electron chi connectivity index (χ0n) is 13.3. The van der Waals surface area contributed by atoms with Crippen LogP contribution in [0.1, 0.15) is 35.7 Å². The van der Waals surface area contributed by atoms with Crippen LogP contribution >= 0.6 is 11.8 Å². The van der Waals surface area contributed by atoms with Crippen molar-refractivity contribution in [3.63, 3.8) is 0 Å². The number of ether oxygens (including phenoxy) is 1. The number of hydrogen-bond acceptors (Lipinski definition) is 4. The van der Waals surface area contributed by atoms with Crippen molar-refractivity contribution in [2.45, 2.75) is 30.8 Å². The molecule has 0 amide bonds. The van der Waals surface area contributed by atoms with Gasteiger partial charge in [-0.2, -0.15) is 13.2 Å². The van der Waals surface area contributed by atoms with Gasteiger partial charge in [-0.05, 0) is 44.2 Å². The molecule has 1 saturated carbocycles. The summed E-state index contributed by atoms with van der Waals surface area (Å²) in [5.74, 6) is -1.68. The quantitative estimate of drug-likeness (QED) is 0.180. The highest BCUT2D eigenvalue weighted by molar-refractivity contribution is 7.98. The average molecular weight is 358 g/mol. The fourth-order valence-corrected chi connectivity index (χ4v) is 2.62. The molecule has 0 spiro atoms. The monoisotopic (exact) mass is 358 g/mol. The molecule has 24 heavy (non-hydrogen) atoms. The second kappa shape index (κ2) is 7.42. The molecule has 2 rings (SSSR count). The number of carbonyl (C=O) groups excluding carboxylic acids is 2. The van der Waals surface area contributed by atoms with Crippen LogP contribution in [0.25, 0.3) is 0 Å². The highest BCUT2D eigenvalue weighted by Gasteiger charge is 2.39. The number of hydrogen-bond donors (Lipinski definition) is 0. The molecule has 0 heterocycles. The van der Waals surface area contributed by atoms with Gasteiger partial charge in [-0.25, -0.2) is 0 Å². The average Bonchev–Trinajstić information content (AvgIpc) is 3.38. The van der Waals surface area contributed by atoms with Crippen molar-refractivity contribution in [3.8, 4) is 0 Å². The molecule has 0 atom stereocenters. The second-order valence-electron chi connectivity index (χ2n) is 5.36. The molecule has 0 saturated heterocycles. The Kier molecular flexibility index (Phi) is 5.74. The Morgan fingerprint density at radius 2 is 2.00 bits per heavy atom. The van der Waals surface area contributed by atoms with Gasteiger partial charge in [0, 0.05) is 16.4 Å². The van der Waals surface area contributed by atoms with E-state index < -0.39 is 28.9 Å². The zero-order chi connectivity index (χ0) is 17.9. The lowest BCUT2D eigenvalue weighted by Crippen LogP contribution is -2.20. The Hall–Kier alpha value is -1.76. The smallest absolute Gasteiger partial charge is 0.417 e. The van der Waals surface area contributed by atoms with E-state index in [0.717, 1.165) is 30.2 Å². The van der Waals surface area contributed by atoms with E-state index in [0.29, 0.717) is 17.7 Å². The number of carbonyl (C=O) groups is 2. The lowest BCUT2D eigenvalue weighted by atomic mass is 9.95. The van der Waals surface area contributed by atoms with Gasteiger partial charge in [-0.1, -0.05) is 0 Å². The third-order valence-electron chi connectivity index (χ3n) is 3.60. The van der Waals surface area contributed by atoms with Gasteiger partial charge < -0.3 is 4.74 Å². The van der Waals surface area contributed by atoms with Gasteiger partial charge in [0.25, 0.3) is 0 Å². The minimum absolute atomic E-state index is 0.215. The number of benzene rings is 1. The molecule has 0 aliphatic heterocycles. The van der Waals surface area contributed by atoms with Crippen molar-refractivity contribution in [3.05, 3.63) is 41.2 Å². The van der Waals surface area contributed by atoms with E-state index in [1.165, 1.54) is 6.07 Å². The Labute approximate surface area is 142 Å². The lowest BCUT2D eigenvalue weighted by Gasteiger charge is -2.14. The molecule has 0 unspecified atom stereocenters. The van der Waals surface area contributed by atoms with Crippen LogP contribution in [0.5, 0.6) is 0 Å². The predicted molar refractivity (Wildman–Crippen MR) is 85.0 cm³/mol. The summed E-state index contributed by atoms with van der Waals surface area (Å²) in [6, 6.07) is 3.49. The van der Waals surface area contributed by atoms with Crippen molar-refractivity contribution in [2.75, 3.05) is 12.9 Å². The van der Waals surface area contributed by atoms with Crippen LogP contribution in [0.3, 0.4) is 0 Å². The largest absolute Gasteiger partial charge is 0.501 e. The summed E-state index contributed by atoms with van der Waals surface area (Å²) in [5, 5.41) is 0. The van der Waals surface area contributed by atoms with Crippen LogP contribution in [0.2, 0.25) is 0 Å². The normalized spacial score (nSPS) is 15.3. The van der Waals surface area contributed by atoms with Crippen LogP contribution in [-0.2, 0) is 15.7 Å². The zero-order valence-corrected chi connectivity index (χ0v) is 14.1. The molecule has 0 bridgehead atoms. The van der Waals surface area contributed by atoms with Gasteiger partial charge in [0.1, 0.15) is 5.57 Å². The van der Waals surface area contributed by atoms with E-state index in [-0.39, 0.29) is 18.1 Å². The number of rotatable bonds is 7. The van der Waals surface area contributed by atoms with E-state index in [9.17, 15) is 22.8 Å². The van der Waals surface area contributed by atoms with Crippen LogP contribution in [0.15, 0.2) is 34.9 Å². The standard InChI is InChI=1S/C17H17F3O3S/c1-3-23-9-13(15(21)10-4-5-10)16(22)12-7-6-11(24-2)8-14(12)17(18,19)20/h6-10H,3-5H2,1-2H3. The molecule has 7 heteroatoms. The number of halogens is 3. The van der Waals surface area contributed by atoms with Gasteiger partial charge in [0.15, 0.2) is 11.6 Å². The molecule has 1 aliphatic rings. The first-order valence-electron chi connectivity index (χ1n) is 7.45. The molecule has 0 N–H and O–H groups in total. The number of alkyl halides is 3. The van der Waals surface area contributed by atoms with Gasteiger partial charge in [0.2, 0.25) is 0 Å². The summed E-state index contributed by atoms with van der Waals surface area (Å²) in [6.07, 6.45) is -0.754. The number of thioether (sulfide) groups is 1. The van der Waals surface area contributed by atoms with E-state index >= 15 is 0 Å². The highest BCUT2D eigenvalue weighted by atomic mass is 32.2. The number of ketones is 2. The summed E-state index contributed by atoms with van der Waals surface area (Å²) in [5.41, 5.74) is -1.88. The Balaban J connectivity index is 2.47. The van der Waals surface area contributed by atoms with E-state index in [2.05, 4.69) is 0 Å². The van der Waals surface area contributed by atoms with Gasteiger partial charge in [-0.15, -0.1) is 11.8 Å². The van der Waals surface area contributed by atoms with Crippen LogP contribution in [-0.4, -0.2) is 24.4 Å². The molecule has 1 aromatic rings. The maximum atomic E-state index is 13.3. The lowest BCUT2D eigenvalue weighted by molar-refractivity contribution is -0.138. The Morgan fingerprint density at radius 1 is 1.33 bits per heavy atom. The van der Waals surface area contributed by atoms with Crippen molar-refractivity contribution in [1.29, 1.82) is 0 Å². The number of Topliss-reactive ketones (excluding diaryl/α,β-unsaturated/α-hetero) is 2. The molecular formula is C17H17F3O3S. The van der Waals surface area contributed by atoms with Crippen molar-refractivity contribution in [1.82, 2.24) is 0 Å². The first kappa shape index (κ1) is 18.6. The minimum atomic E-state index is -4.68. The third kappa shape index (κ3) is 4.20. The maximum Gasteiger partial charge on any atom is 0.417 e. The number of allylic oxidation sites excluding steroid dienone is 1. The van der Waals surface area contributed by atoms with Crippen molar-refractivity contribution >= 4 is 23.3 Å². The first-order valence-corrected chi connectivity index (χ1v) is 8.68. The summed E-state index contributed by atoms with van der Waals surface area (Å²) in [7, 11) is 0. The summed E-state index contributed by atoms with van der Waals surface area (Å²) >= 11 is 1.15. The van der Waals surface area contributed by atoms with Gasteiger partial charge >= 0.3 is 6.18 Å². The molecule has 1 aromatic carbocycles. The molecule has 130 valence electrons. The fraction of sp³-hybridized carbons (Fsp3) is 0.412. The Bertz CT molecular complexity index is 676. The summed E-state index contributed by atoms with van der Waals surface area (Å²) in [4.78, 5) is 25.3. The predicted octanol–water partition coefficient (Wildman–Crippen LogP) is 4.51. The van der Waals surface area contributed by atoms with Crippen molar-refractivity contribution in [2.24, 2.45) is 5.92 Å². The molecule has 1 aliphatic carbocycles. The topological polar surface area (TPSA) is 43.4 Å². The molecule has 0 aromatic heterocycles. The van der Waals surface area contributed by atoms with Crippen molar-refractivity contribution < 1.29 is 27.5 Å². The third-order valence-corrected chi connectivity index (χ3v) is 4.33. The van der Waals surface area contributed by atoms with E-state index in [4.69, 9.17) is 4.74 Å². The molecule has 1 fully saturated rings. The first-order chi connectivity index (χ1) is 11.3. The molecule has 0 radical (unpaired) electrons. The fourth-order valence-electron chi connectivity index (χ4n) is 2.18. The van der Waals surface area contributed by atoms with Crippen LogP contribution < -0.4 is 0 Å². The van der Waals surface area contributed by atoms with Crippen LogP contribution in [0, 0.1) is 5.92 Å². The van der Waals surface area contributed by atoms with Gasteiger partial charge in [0.05, 0.1) is 18.4 Å². The highest BCUT2D eigenvalue weighted by Crippen LogP contribution is 2.37. The van der Waals surface area contributed by atoms with Gasteiger partial charge in [-0.3, -0.25) is 9.59 Å².